The lowest BCUT2D eigenvalue weighted by molar-refractivity contribution is 0.0602. The fourth-order valence-corrected chi connectivity index (χ4v) is 3.18. The summed E-state index contributed by atoms with van der Waals surface area (Å²) >= 11 is 3.21. The zero-order valence-electron chi connectivity index (χ0n) is 9.43. The Morgan fingerprint density at radius 2 is 2.18 bits per heavy atom. The van der Waals surface area contributed by atoms with Crippen molar-refractivity contribution >= 4 is 33.6 Å². The highest BCUT2D eigenvalue weighted by Gasteiger charge is 2.14. The van der Waals surface area contributed by atoms with Crippen molar-refractivity contribution in [2.45, 2.75) is 12.8 Å². The van der Waals surface area contributed by atoms with Crippen LogP contribution in [-0.2, 0) is 17.6 Å². The summed E-state index contributed by atoms with van der Waals surface area (Å²) in [5.41, 5.74) is 6.27. The second-order valence-electron chi connectivity index (χ2n) is 3.56. The molecule has 0 aromatic carbocycles. The van der Waals surface area contributed by atoms with Gasteiger partial charge in [-0.3, -0.25) is 0 Å². The Morgan fingerprint density at radius 3 is 2.82 bits per heavy atom. The molecule has 5 heteroatoms. The van der Waals surface area contributed by atoms with E-state index < -0.39 is 0 Å². The minimum atomic E-state index is -0.360. The molecule has 0 fully saturated rings. The Balaban J connectivity index is 2.05. The Morgan fingerprint density at radius 1 is 1.41 bits per heavy atom. The fourth-order valence-electron chi connectivity index (χ4n) is 1.55. The van der Waals surface area contributed by atoms with Crippen molar-refractivity contribution < 1.29 is 9.53 Å². The van der Waals surface area contributed by atoms with Crippen molar-refractivity contribution in [2.24, 2.45) is 0 Å². The van der Waals surface area contributed by atoms with Gasteiger partial charge < -0.3 is 10.5 Å². The molecule has 2 N–H and O–H groups in total. The smallest absolute Gasteiger partial charge is 0.340 e. The number of ether oxygens (including phenoxy) is 1. The van der Waals surface area contributed by atoms with Crippen LogP contribution >= 0.6 is 22.7 Å². The quantitative estimate of drug-likeness (QED) is 0.866. The minimum absolute atomic E-state index is 0.360. The summed E-state index contributed by atoms with van der Waals surface area (Å²) in [6, 6.07) is 5.99. The van der Waals surface area contributed by atoms with Gasteiger partial charge >= 0.3 is 5.97 Å². The summed E-state index contributed by atoms with van der Waals surface area (Å²) in [5, 5.41) is 2.61. The first-order chi connectivity index (χ1) is 8.20. The molecule has 0 saturated heterocycles. The Kier molecular flexibility index (Phi) is 3.81. The van der Waals surface area contributed by atoms with Gasteiger partial charge in [0.05, 0.1) is 12.7 Å². The number of carbonyl (C=O) groups is 1. The maximum absolute atomic E-state index is 11.4. The predicted octanol–water partition coefficient (Wildman–Crippen LogP) is 2.96. The molecule has 0 aliphatic carbocycles. The van der Waals surface area contributed by atoms with Crippen LogP contribution in [-0.4, -0.2) is 13.1 Å². The summed E-state index contributed by atoms with van der Waals surface area (Å²) in [5.74, 6) is -0.360. The highest BCUT2D eigenvalue weighted by molar-refractivity contribution is 7.16. The second kappa shape index (κ2) is 5.33. The number of hydrogen-bond acceptors (Lipinski definition) is 5. The fraction of sp³-hybridized carbons (Fsp3) is 0.250. The van der Waals surface area contributed by atoms with Gasteiger partial charge in [0.25, 0.3) is 0 Å². The molecule has 0 radical (unpaired) electrons. The number of methoxy groups -OCH3 is 1. The monoisotopic (exact) mass is 267 g/mol. The topological polar surface area (TPSA) is 52.3 Å². The maximum atomic E-state index is 11.4. The molecule has 0 bridgehead atoms. The summed E-state index contributed by atoms with van der Waals surface area (Å²) in [6.45, 7) is 0. The first kappa shape index (κ1) is 12.1. The van der Waals surface area contributed by atoms with Gasteiger partial charge in [-0.1, -0.05) is 6.07 Å². The number of hydrogen-bond donors (Lipinski definition) is 1. The number of aryl methyl sites for hydroxylation is 2. The molecule has 2 heterocycles. The van der Waals surface area contributed by atoms with Gasteiger partial charge in [0.15, 0.2) is 0 Å². The number of esters is 1. The van der Waals surface area contributed by atoms with Gasteiger partial charge in [0.1, 0.15) is 5.00 Å². The van der Waals surface area contributed by atoms with Crippen molar-refractivity contribution in [2.75, 3.05) is 12.8 Å². The third-order valence-electron chi connectivity index (χ3n) is 2.42. The lowest BCUT2D eigenvalue weighted by Gasteiger charge is -1.95. The van der Waals surface area contributed by atoms with E-state index in [0.29, 0.717) is 10.6 Å². The first-order valence-corrected chi connectivity index (χ1v) is 6.89. The van der Waals surface area contributed by atoms with Crippen molar-refractivity contribution in [1.29, 1.82) is 0 Å². The predicted molar refractivity (Wildman–Crippen MR) is 71.8 cm³/mol. The molecule has 0 atom stereocenters. The molecule has 2 aromatic heterocycles. The Bertz CT molecular complexity index is 503. The van der Waals surface area contributed by atoms with Gasteiger partial charge in [-0.15, -0.1) is 22.7 Å². The van der Waals surface area contributed by atoms with Crippen LogP contribution in [0.2, 0.25) is 0 Å². The number of nitrogen functional groups attached to an aromatic ring is 1. The molecule has 0 spiro atoms. The van der Waals surface area contributed by atoms with Crippen LogP contribution in [0, 0.1) is 0 Å². The molecule has 0 saturated carbocycles. The molecule has 90 valence electrons. The molecule has 0 aliphatic rings. The number of carbonyl (C=O) groups excluding carboxylic acids is 1. The molecule has 3 nitrogen and oxygen atoms in total. The van der Waals surface area contributed by atoms with E-state index in [1.165, 1.54) is 23.3 Å². The van der Waals surface area contributed by atoms with Crippen LogP contribution in [0.5, 0.6) is 0 Å². The third kappa shape index (κ3) is 2.87. The average Bonchev–Trinajstić information content (AvgIpc) is 2.94. The van der Waals surface area contributed by atoms with E-state index in [9.17, 15) is 4.79 Å². The van der Waals surface area contributed by atoms with E-state index in [1.807, 2.05) is 12.1 Å². The molecular formula is C12H13NO2S2. The Hall–Kier alpha value is -1.33. The van der Waals surface area contributed by atoms with Crippen LogP contribution in [0.15, 0.2) is 23.6 Å². The van der Waals surface area contributed by atoms with Gasteiger partial charge in [0, 0.05) is 9.75 Å². The summed E-state index contributed by atoms with van der Waals surface area (Å²) in [6.07, 6.45) is 1.89. The second-order valence-corrected chi connectivity index (χ2v) is 5.76. The van der Waals surface area contributed by atoms with Crippen LogP contribution < -0.4 is 5.73 Å². The number of anilines is 1. The molecule has 17 heavy (non-hydrogen) atoms. The average molecular weight is 267 g/mol. The molecular weight excluding hydrogens is 254 g/mol. The molecule has 2 aromatic rings. The van der Waals surface area contributed by atoms with Crippen molar-refractivity contribution in [3.63, 3.8) is 0 Å². The van der Waals surface area contributed by atoms with Crippen LogP contribution in [0.4, 0.5) is 5.00 Å². The summed E-state index contributed by atoms with van der Waals surface area (Å²) in [4.78, 5) is 13.9. The maximum Gasteiger partial charge on any atom is 0.340 e. The van der Waals surface area contributed by atoms with E-state index in [1.54, 1.807) is 11.3 Å². The summed E-state index contributed by atoms with van der Waals surface area (Å²) < 4.78 is 4.67. The van der Waals surface area contributed by atoms with E-state index in [2.05, 4.69) is 16.2 Å². The van der Waals surface area contributed by atoms with E-state index >= 15 is 0 Å². The zero-order chi connectivity index (χ0) is 12.3. The van der Waals surface area contributed by atoms with Crippen molar-refractivity contribution in [3.05, 3.63) is 38.9 Å². The van der Waals surface area contributed by atoms with Crippen LogP contribution in [0.25, 0.3) is 0 Å². The summed E-state index contributed by atoms with van der Waals surface area (Å²) in [7, 11) is 1.37. The first-order valence-electron chi connectivity index (χ1n) is 5.19. The molecule has 2 rings (SSSR count). The minimum Gasteiger partial charge on any atom is -0.465 e. The highest BCUT2D eigenvalue weighted by Crippen LogP contribution is 2.27. The number of thiophene rings is 2. The SMILES string of the molecule is COC(=O)c1cc(CCc2cccs2)sc1N. The van der Waals surface area contributed by atoms with Gasteiger partial charge in [-0.05, 0) is 30.4 Å². The lowest BCUT2D eigenvalue weighted by Crippen LogP contribution is -2.02. The van der Waals surface area contributed by atoms with E-state index in [0.717, 1.165) is 17.7 Å². The van der Waals surface area contributed by atoms with Gasteiger partial charge in [-0.2, -0.15) is 0 Å². The molecule has 0 aliphatic heterocycles. The Labute approximate surface area is 108 Å². The van der Waals surface area contributed by atoms with Gasteiger partial charge in [0.2, 0.25) is 0 Å². The van der Waals surface area contributed by atoms with E-state index in [-0.39, 0.29) is 5.97 Å². The molecule has 0 unspecified atom stereocenters. The molecule has 0 amide bonds. The van der Waals surface area contributed by atoms with Crippen LogP contribution in [0.3, 0.4) is 0 Å². The number of nitrogens with two attached hydrogens (primary N) is 1. The standard InChI is InChI=1S/C12H13NO2S2/c1-15-12(14)10-7-9(17-11(10)13)5-4-8-3-2-6-16-8/h2-3,6-7H,4-5,13H2,1H3. The normalized spacial score (nSPS) is 10.4. The third-order valence-corrected chi connectivity index (χ3v) is 4.38. The highest BCUT2D eigenvalue weighted by atomic mass is 32.1. The van der Waals surface area contributed by atoms with Gasteiger partial charge in [-0.25, -0.2) is 4.79 Å². The zero-order valence-corrected chi connectivity index (χ0v) is 11.1. The van der Waals surface area contributed by atoms with Crippen molar-refractivity contribution in [1.82, 2.24) is 0 Å². The van der Waals surface area contributed by atoms with Crippen LogP contribution in [0.1, 0.15) is 20.1 Å². The largest absolute Gasteiger partial charge is 0.465 e. The van der Waals surface area contributed by atoms with Crippen molar-refractivity contribution in [3.8, 4) is 0 Å². The number of rotatable bonds is 4. The van der Waals surface area contributed by atoms with E-state index in [4.69, 9.17) is 5.73 Å². The lowest BCUT2D eigenvalue weighted by atomic mass is 10.2.